The SMILES string of the molecule is COc1ccc(NC(=O)C2CCN(S(=O)(=O)c3cc(C(=O)N4CCCC4)cs3)CC2)cc1. The van der Waals surface area contributed by atoms with Gasteiger partial charge < -0.3 is 15.0 Å². The van der Waals surface area contributed by atoms with Crippen molar-refractivity contribution in [2.45, 2.75) is 29.9 Å². The highest BCUT2D eigenvalue weighted by molar-refractivity contribution is 7.91. The molecule has 0 radical (unpaired) electrons. The lowest BCUT2D eigenvalue weighted by atomic mass is 9.97. The molecule has 10 heteroatoms. The van der Waals surface area contributed by atoms with Crippen LogP contribution in [0.5, 0.6) is 5.75 Å². The summed E-state index contributed by atoms with van der Waals surface area (Å²) in [5.41, 5.74) is 1.11. The molecule has 2 aromatic rings. The molecule has 1 N–H and O–H groups in total. The molecule has 0 aliphatic carbocycles. The van der Waals surface area contributed by atoms with Crippen LogP contribution in [0.3, 0.4) is 0 Å². The molecule has 0 unspecified atom stereocenters. The number of carbonyl (C=O) groups is 2. The molecule has 2 amide bonds. The summed E-state index contributed by atoms with van der Waals surface area (Å²) in [5, 5.41) is 4.52. The van der Waals surface area contributed by atoms with E-state index >= 15 is 0 Å². The molecule has 2 fully saturated rings. The Morgan fingerprint density at radius 2 is 1.72 bits per heavy atom. The fourth-order valence-corrected chi connectivity index (χ4v) is 6.85. The summed E-state index contributed by atoms with van der Waals surface area (Å²) in [7, 11) is -2.10. The first-order valence-corrected chi connectivity index (χ1v) is 13.0. The number of anilines is 1. The fourth-order valence-electron chi connectivity index (χ4n) is 4.07. The zero-order valence-electron chi connectivity index (χ0n) is 18.0. The molecular formula is C22H27N3O5S2. The highest BCUT2D eigenvalue weighted by Crippen LogP contribution is 2.29. The second-order valence-corrected chi connectivity index (χ2v) is 11.1. The summed E-state index contributed by atoms with van der Waals surface area (Å²) >= 11 is 1.08. The zero-order valence-corrected chi connectivity index (χ0v) is 19.6. The third-order valence-electron chi connectivity index (χ3n) is 5.99. The van der Waals surface area contributed by atoms with Crippen LogP contribution in [-0.4, -0.2) is 62.7 Å². The molecule has 32 heavy (non-hydrogen) atoms. The molecule has 2 aliphatic rings. The van der Waals surface area contributed by atoms with Gasteiger partial charge in [0, 0.05) is 43.2 Å². The van der Waals surface area contributed by atoms with E-state index in [0.29, 0.717) is 29.8 Å². The van der Waals surface area contributed by atoms with Crippen LogP contribution in [0.2, 0.25) is 0 Å². The number of rotatable bonds is 6. The summed E-state index contributed by atoms with van der Waals surface area (Å²) in [6, 6.07) is 8.58. The van der Waals surface area contributed by atoms with Gasteiger partial charge in [-0.05, 0) is 56.0 Å². The minimum absolute atomic E-state index is 0.103. The molecular weight excluding hydrogens is 450 g/mol. The number of thiophene rings is 1. The molecule has 3 heterocycles. The maximum Gasteiger partial charge on any atom is 0.254 e. The molecule has 1 aromatic heterocycles. The molecule has 8 nitrogen and oxygen atoms in total. The summed E-state index contributed by atoms with van der Waals surface area (Å²) < 4.78 is 32.9. The Morgan fingerprint density at radius 1 is 1.06 bits per heavy atom. The van der Waals surface area contributed by atoms with Crippen LogP contribution in [0.15, 0.2) is 39.9 Å². The second kappa shape index (κ2) is 9.60. The van der Waals surface area contributed by atoms with Crippen LogP contribution in [0.4, 0.5) is 5.69 Å². The molecule has 2 aliphatic heterocycles. The quantitative estimate of drug-likeness (QED) is 0.690. The number of piperidine rings is 1. The number of hydrogen-bond donors (Lipinski definition) is 1. The van der Waals surface area contributed by atoms with E-state index < -0.39 is 10.0 Å². The Balaban J connectivity index is 1.34. The van der Waals surface area contributed by atoms with Gasteiger partial charge in [0.05, 0.1) is 12.7 Å². The number of ether oxygens (including phenoxy) is 1. The zero-order chi connectivity index (χ0) is 22.7. The van der Waals surface area contributed by atoms with Gasteiger partial charge in [-0.25, -0.2) is 8.42 Å². The van der Waals surface area contributed by atoms with E-state index in [-0.39, 0.29) is 35.0 Å². The highest BCUT2D eigenvalue weighted by atomic mass is 32.2. The number of methoxy groups -OCH3 is 1. The largest absolute Gasteiger partial charge is 0.497 e. The van der Waals surface area contributed by atoms with E-state index in [1.807, 2.05) is 0 Å². The van der Waals surface area contributed by atoms with Crippen molar-refractivity contribution in [3.8, 4) is 5.75 Å². The van der Waals surface area contributed by atoms with Crippen molar-refractivity contribution in [2.75, 3.05) is 38.6 Å². The Bertz CT molecular complexity index is 1070. The molecule has 0 bridgehead atoms. The Kier molecular flexibility index (Phi) is 6.82. The van der Waals surface area contributed by atoms with Crippen molar-refractivity contribution < 1.29 is 22.7 Å². The number of benzene rings is 1. The number of hydrogen-bond acceptors (Lipinski definition) is 6. The third kappa shape index (κ3) is 4.82. The minimum atomic E-state index is -3.68. The first kappa shape index (κ1) is 22.8. The van der Waals surface area contributed by atoms with E-state index in [1.54, 1.807) is 41.7 Å². The van der Waals surface area contributed by atoms with E-state index in [4.69, 9.17) is 4.74 Å². The maximum atomic E-state index is 13.1. The summed E-state index contributed by atoms with van der Waals surface area (Å²) in [4.78, 5) is 26.9. The summed E-state index contributed by atoms with van der Waals surface area (Å²) in [6.45, 7) is 2.00. The van der Waals surface area contributed by atoms with Crippen molar-refractivity contribution in [2.24, 2.45) is 5.92 Å². The van der Waals surface area contributed by atoms with Crippen LogP contribution in [0, 0.1) is 5.92 Å². The van der Waals surface area contributed by atoms with Crippen molar-refractivity contribution in [1.29, 1.82) is 0 Å². The Morgan fingerprint density at radius 3 is 2.34 bits per heavy atom. The Labute approximate surface area is 192 Å². The average molecular weight is 478 g/mol. The summed E-state index contributed by atoms with van der Waals surface area (Å²) in [6.07, 6.45) is 2.88. The number of sulfonamides is 1. The monoisotopic (exact) mass is 477 g/mol. The number of nitrogens with zero attached hydrogens (tertiary/aromatic N) is 2. The third-order valence-corrected chi connectivity index (χ3v) is 9.31. The lowest BCUT2D eigenvalue weighted by molar-refractivity contribution is -0.120. The molecule has 172 valence electrons. The minimum Gasteiger partial charge on any atom is -0.497 e. The topological polar surface area (TPSA) is 96.0 Å². The van der Waals surface area contributed by atoms with Gasteiger partial charge in [0.1, 0.15) is 9.96 Å². The number of carbonyl (C=O) groups excluding carboxylic acids is 2. The summed E-state index contributed by atoms with van der Waals surface area (Å²) in [5.74, 6) is 0.246. The van der Waals surface area contributed by atoms with Crippen LogP contribution < -0.4 is 10.1 Å². The number of amides is 2. The number of likely N-dealkylation sites (tertiary alicyclic amines) is 1. The predicted molar refractivity (Wildman–Crippen MR) is 123 cm³/mol. The van der Waals surface area contributed by atoms with Gasteiger partial charge in [0.25, 0.3) is 15.9 Å². The molecule has 0 saturated carbocycles. The maximum absolute atomic E-state index is 13.1. The Hall–Kier alpha value is -2.43. The molecule has 2 saturated heterocycles. The highest BCUT2D eigenvalue weighted by Gasteiger charge is 2.33. The molecule has 1 aromatic carbocycles. The molecule has 0 atom stereocenters. The van der Waals surface area contributed by atoms with Crippen molar-refractivity contribution in [1.82, 2.24) is 9.21 Å². The fraction of sp³-hybridized carbons (Fsp3) is 0.455. The lowest BCUT2D eigenvalue weighted by Crippen LogP contribution is -2.41. The average Bonchev–Trinajstić information content (AvgIpc) is 3.52. The van der Waals surface area contributed by atoms with E-state index in [0.717, 1.165) is 37.3 Å². The van der Waals surface area contributed by atoms with E-state index in [1.165, 1.54) is 10.4 Å². The normalized spacial score (nSPS) is 18.0. The van der Waals surface area contributed by atoms with Gasteiger partial charge in [-0.3, -0.25) is 9.59 Å². The van der Waals surface area contributed by atoms with Crippen LogP contribution in [-0.2, 0) is 14.8 Å². The first-order valence-electron chi connectivity index (χ1n) is 10.7. The van der Waals surface area contributed by atoms with E-state index in [9.17, 15) is 18.0 Å². The van der Waals surface area contributed by atoms with E-state index in [2.05, 4.69) is 5.32 Å². The van der Waals surface area contributed by atoms with Gasteiger partial charge in [-0.1, -0.05) is 0 Å². The van der Waals surface area contributed by atoms with Crippen LogP contribution in [0.25, 0.3) is 0 Å². The lowest BCUT2D eigenvalue weighted by Gasteiger charge is -2.30. The van der Waals surface area contributed by atoms with Gasteiger partial charge >= 0.3 is 0 Å². The van der Waals surface area contributed by atoms with Crippen molar-refractivity contribution in [3.63, 3.8) is 0 Å². The first-order chi connectivity index (χ1) is 15.4. The molecule has 0 spiro atoms. The van der Waals surface area contributed by atoms with Gasteiger partial charge in [-0.2, -0.15) is 4.31 Å². The predicted octanol–water partition coefficient (Wildman–Crippen LogP) is 3.03. The van der Waals surface area contributed by atoms with Crippen LogP contribution in [0.1, 0.15) is 36.0 Å². The number of nitrogens with one attached hydrogen (secondary N) is 1. The van der Waals surface area contributed by atoms with Gasteiger partial charge in [0.2, 0.25) is 5.91 Å². The standard InChI is InChI=1S/C22H27N3O5S2/c1-30-19-6-4-18(5-7-19)23-21(26)16-8-12-25(13-9-16)32(28,29)20-14-17(15-31-20)22(27)24-10-2-3-11-24/h4-7,14-16H,2-3,8-13H2,1H3,(H,23,26). The van der Waals surface area contributed by atoms with Crippen LogP contribution >= 0.6 is 11.3 Å². The van der Waals surface area contributed by atoms with Crippen molar-refractivity contribution in [3.05, 3.63) is 41.3 Å². The van der Waals surface area contributed by atoms with Crippen molar-refractivity contribution >= 4 is 38.9 Å². The van der Waals surface area contributed by atoms with Gasteiger partial charge in [0.15, 0.2) is 0 Å². The smallest absolute Gasteiger partial charge is 0.254 e. The van der Waals surface area contributed by atoms with Gasteiger partial charge in [-0.15, -0.1) is 11.3 Å². The second-order valence-electron chi connectivity index (χ2n) is 8.05. The molecule has 4 rings (SSSR count).